The summed E-state index contributed by atoms with van der Waals surface area (Å²) < 4.78 is 60.3. The molecular formula is C24H25F4N5O3. The number of aromatic nitrogens is 3. The molecule has 1 aliphatic heterocycles. The Morgan fingerprint density at radius 2 is 1.78 bits per heavy atom. The fraction of sp³-hybridized carbons (Fsp3) is 0.417. The van der Waals surface area contributed by atoms with Crippen LogP contribution in [0.15, 0.2) is 41.6 Å². The lowest BCUT2D eigenvalue weighted by Gasteiger charge is -2.24. The lowest BCUT2D eigenvalue weighted by Crippen LogP contribution is -2.36. The van der Waals surface area contributed by atoms with Crippen LogP contribution in [0.2, 0.25) is 0 Å². The number of nitrogens with zero attached hydrogens (tertiary/aromatic N) is 4. The second-order valence-electron chi connectivity index (χ2n) is 9.63. The first-order valence-corrected chi connectivity index (χ1v) is 11.1. The van der Waals surface area contributed by atoms with E-state index in [0.29, 0.717) is 11.1 Å². The first-order valence-electron chi connectivity index (χ1n) is 11.1. The van der Waals surface area contributed by atoms with Crippen LogP contribution in [-0.2, 0) is 18.0 Å². The highest BCUT2D eigenvalue weighted by Crippen LogP contribution is 2.33. The third-order valence-electron chi connectivity index (χ3n) is 5.69. The number of hydrogen-bond donors (Lipinski definition) is 1. The van der Waals surface area contributed by atoms with Crippen molar-refractivity contribution >= 4 is 22.8 Å². The number of benzene rings is 1. The Hall–Kier alpha value is -3.70. The zero-order valence-electron chi connectivity index (χ0n) is 20.1. The minimum Gasteiger partial charge on any atom is -0.444 e. The summed E-state index contributed by atoms with van der Waals surface area (Å²) in [6.07, 6.45) is -3.93. The van der Waals surface area contributed by atoms with E-state index in [1.165, 1.54) is 41.2 Å². The summed E-state index contributed by atoms with van der Waals surface area (Å²) in [6, 6.07) is 3.56. The maximum absolute atomic E-state index is 14.8. The SMILES string of the molecule is Cn1cnc2c(-c3ccc(C(F)(F)F)cc3)cnc(N[C@@H]3CN(C(=O)OC(C)(C)C)C[C@@H]3F)c2c1=O. The third-order valence-corrected chi connectivity index (χ3v) is 5.69. The normalized spacial score (nSPS) is 18.5. The average molecular weight is 507 g/mol. The van der Waals surface area contributed by atoms with E-state index < -0.39 is 41.2 Å². The van der Waals surface area contributed by atoms with Gasteiger partial charge in [-0.05, 0) is 38.5 Å². The molecule has 192 valence electrons. The molecule has 0 radical (unpaired) electrons. The molecule has 0 bridgehead atoms. The molecule has 2 atom stereocenters. The van der Waals surface area contributed by atoms with Crippen molar-refractivity contribution in [1.29, 1.82) is 0 Å². The number of aryl methyl sites for hydroxylation is 1. The van der Waals surface area contributed by atoms with Crippen LogP contribution >= 0.6 is 0 Å². The third kappa shape index (κ3) is 5.12. The maximum atomic E-state index is 14.8. The average Bonchev–Trinajstić information content (AvgIpc) is 3.15. The van der Waals surface area contributed by atoms with Gasteiger partial charge in [0.15, 0.2) is 0 Å². The number of alkyl halides is 4. The van der Waals surface area contributed by atoms with E-state index in [0.717, 1.165) is 12.1 Å². The number of pyridine rings is 1. The summed E-state index contributed by atoms with van der Waals surface area (Å²) in [7, 11) is 1.49. The lowest BCUT2D eigenvalue weighted by molar-refractivity contribution is -0.137. The molecule has 1 aromatic carbocycles. The highest BCUT2D eigenvalue weighted by Gasteiger charge is 2.38. The van der Waals surface area contributed by atoms with E-state index in [-0.39, 0.29) is 29.8 Å². The molecule has 1 aliphatic rings. The van der Waals surface area contributed by atoms with Crippen LogP contribution in [0.3, 0.4) is 0 Å². The fourth-order valence-electron chi connectivity index (χ4n) is 3.92. The number of ether oxygens (including phenoxy) is 1. The summed E-state index contributed by atoms with van der Waals surface area (Å²) in [5.41, 5.74) is -1.09. The van der Waals surface area contributed by atoms with Gasteiger partial charge in [-0.2, -0.15) is 13.2 Å². The summed E-state index contributed by atoms with van der Waals surface area (Å²) >= 11 is 0. The predicted octanol–water partition coefficient (Wildman–Crippen LogP) is 4.38. The van der Waals surface area contributed by atoms with Crippen LogP contribution in [0.25, 0.3) is 22.0 Å². The smallest absolute Gasteiger partial charge is 0.416 e. The standard InChI is InChI=1S/C24H25F4N5O3/c1-23(2,3)36-22(35)33-10-16(25)17(11-33)31-20-18-19(30-12-32(4)21(18)34)15(9-29-20)13-5-7-14(8-6-13)24(26,27)28/h5-9,12,16-17H,10-11H2,1-4H3,(H,29,31)/t16-,17+/m0/s1. The number of carbonyl (C=O) groups is 1. The molecule has 3 aromatic rings. The number of hydrogen-bond acceptors (Lipinski definition) is 6. The molecule has 0 aliphatic carbocycles. The van der Waals surface area contributed by atoms with Gasteiger partial charge in [-0.25, -0.2) is 19.2 Å². The van der Waals surface area contributed by atoms with Gasteiger partial charge in [0.1, 0.15) is 23.0 Å². The van der Waals surface area contributed by atoms with Crippen molar-refractivity contribution in [2.75, 3.05) is 18.4 Å². The summed E-state index contributed by atoms with van der Waals surface area (Å²) in [5, 5.41) is 2.98. The number of nitrogens with one attached hydrogen (secondary N) is 1. The maximum Gasteiger partial charge on any atom is 0.416 e. The highest BCUT2D eigenvalue weighted by atomic mass is 19.4. The molecule has 0 unspecified atom stereocenters. The molecule has 12 heteroatoms. The molecular weight excluding hydrogens is 482 g/mol. The summed E-state index contributed by atoms with van der Waals surface area (Å²) in [6.45, 7) is 4.92. The Balaban J connectivity index is 1.68. The molecule has 3 heterocycles. The van der Waals surface area contributed by atoms with Crippen molar-refractivity contribution in [1.82, 2.24) is 19.4 Å². The zero-order chi connectivity index (χ0) is 26.4. The Kier molecular flexibility index (Phi) is 6.40. The largest absolute Gasteiger partial charge is 0.444 e. The van der Waals surface area contributed by atoms with E-state index in [1.54, 1.807) is 20.8 Å². The van der Waals surface area contributed by atoms with Gasteiger partial charge in [0.05, 0.1) is 30.0 Å². The quantitative estimate of drug-likeness (QED) is 0.530. The van der Waals surface area contributed by atoms with Crippen molar-refractivity contribution in [3.05, 3.63) is 52.7 Å². The molecule has 2 aromatic heterocycles. The Morgan fingerprint density at radius 3 is 2.39 bits per heavy atom. The number of anilines is 1. The van der Waals surface area contributed by atoms with Crippen LogP contribution in [-0.4, -0.2) is 56.4 Å². The van der Waals surface area contributed by atoms with Gasteiger partial charge in [0, 0.05) is 25.4 Å². The number of amides is 1. The van der Waals surface area contributed by atoms with Crippen LogP contribution in [0.5, 0.6) is 0 Å². The zero-order valence-corrected chi connectivity index (χ0v) is 20.1. The lowest BCUT2D eigenvalue weighted by atomic mass is 10.0. The van der Waals surface area contributed by atoms with Gasteiger partial charge < -0.3 is 19.5 Å². The molecule has 0 spiro atoms. The van der Waals surface area contributed by atoms with Gasteiger partial charge in [0.25, 0.3) is 5.56 Å². The van der Waals surface area contributed by atoms with E-state index in [9.17, 15) is 27.2 Å². The van der Waals surface area contributed by atoms with Crippen molar-refractivity contribution in [3.63, 3.8) is 0 Å². The highest BCUT2D eigenvalue weighted by molar-refractivity contribution is 5.98. The van der Waals surface area contributed by atoms with Crippen molar-refractivity contribution in [2.45, 2.75) is 44.8 Å². The minimum atomic E-state index is -4.49. The van der Waals surface area contributed by atoms with Crippen LogP contribution in [0, 0.1) is 0 Å². The topological polar surface area (TPSA) is 89.3 Å². The van der Waals surface area contributed by atoms with E-state index >= 15 is 0 Å². The molecule has 36 heavy (non-hydrogen) atoms. The van der Waals surface area contributed by atoms with Crippen LogP contribution < -0.4 is 10.9 Å². The first kappa shape index (κ1) is 25.4. The van der Waals surface area contributed by atoms with E-state index in [1.807, 2.05) is 0 Å². The predicted molar refractivity (Wildman–Crippen MR) is 125 cm³/mol. The fourth-order valence-corrected chi connectivity index (χ4v) is 3.92. The molecule has 8 nitrogen and oxygen atoms in total. The molecule has 1 fully saturated rings. The molecule has 0 saturated carbocycles. The molecule has 1 amide bonds. The number of halogens is 4. The second-order valence-corrected chi connectivity index (χ2v) is 9.63. The number of fused-ring (bicyclic) bond motifs is 1. The van der Waals surface area contributed by atoms with Gasteiger partial charge >= 0.3 is 12.3 Å². The Morgan fingerprint density at radius 1 is 1.11 bits per heavy atom. The number of likely N-dealkylation sites (tertiary alicyclic amines) is 1. The summed E-state index contributed by atoms with van der Waals surface area (Å²) in [4.78, 5) is 35.2. The van der Waals surface area contributed by atoms with Crippen molar-refractivity contribution in [2.24, 2.45) is 7.05 Å². The monoisotopic (exact) mass is 507 g/mol. The van der Waals surface area contributed by atoms with E-state index in [2.05, 4.69) is 15.3 Å². The van der Waals surface area contributed by atoms with Crippen LogP contribution in [0.1, 0.15) is 26.3 Å². The number of rotatable bonds is 3. The second kappa shape index (κ2) is 9.07. The van der Waals surface area contributed by atoms with Crippen molar-refractivity contribution < 1.29 is 27.1 Å². The van der Waals surface area contributed by atoms with Gasteiger partial charge in [-0.15, -0.1) is 0 Å². The molecule has 1 saturated heterocycles. The minimum absolute atomic E-state index is 0.0134. The molecule has 1 N–H and O–H groups in total. The van der Waals surface area contributed by atoms with Crippen molar-refractivity contribution in [3.8, 4) is 11.1 Å². The number of carbonyl (C=O) groups excluding carboxylic acids is 1. The Labute approximate surface area is 203 Å². The summed E-state index contributed by atoms with van der Waals surface area (Å²) in [5.74, 6) is 0.0630. The van der Waals surface area contributed by atoms with Gasteiger partial charge in [0.2, 0.25) is 0 Å². The Bertz CT molecular complexity index is 1350. The molecule has 4 rings (SSSR count). The first-order chi connectivity index (χ1) is 16.7. The van der Waals surface area contributed by atoms with E-state index in [4.69, 9.17) is 4.74 Å². The van der Waals surface area contributed by atoms with Crippen LogP contribution in [0.4, 0.5) is 28.2 Å². The van der Waals surface area contributed by atoms with Gasteiger partial charge in [-0.1, -0.05) is 12.1 Å². The van der Waals surface area contributed by atoms with Gasteiger partial charge in [-0.3, -0.25) is 4.79 Å².